The highest BCUT2D eigenvalue weighted by Gasteiger charge is 2.65. The molecule has 6 atom stereocenters. The SMILES string of the molecule is C=CCO[C@@]12Oc3ccc(OC(=O)NCc4ccccc4)cc3[C@H]3[C@H](CCCCO)[C@@H](CCCCO)C=C(C(=NOCC)C[C@@H]1N(C)C(=O)C1CC1)[C@H]32. The van der Waals surface area contributed by atoms with E-state index >= 15 is 0 Å². The number of unbranched alkanes of at least 4 members (excludes halogenated alkanes) is 2. The van der Waals surface area contributed by atoms with Crippen LogP contribution in [0.1, 0.15) is 81.8 Å². The maximum atomic E-state index is 13.8. The highest BCUT2D eigenvalue weighted by molar-refractivity contribution is 6.03. The van der Waals surface area contributed by atoms with E-state index < -0.39 is 23.8 Å². The quantitative estimate of drug-likeness (QED) is 0.0899. The Kier molecular flexibility index (Phi) is 12.9. The maximum absolute atomic E-state index is 13.8. The smallest absolute Gasteiger partial charge is 0.412 e. The Morgan fingerprint density at radius 1 is 1.08 bits per heavy atom. The Hall–Kier alpha value is -4.19. The number of nitrogens with zero attached hydrogens (tertiary/aromatic N) is 2. The number of nitrogens with one attached hydrogen (secondary N) is 1. The molecule has 4 aliphatic rings. The van der Waals surface area contributed by atoms with Gasteiger partial charge in [0.25, 0.3) is 0 Å². The van der Waals surface area contributed by atoms with Gasteiger partial charge in [-0.2, -0.15) is 0 Å². The van der Waals surface area contributed by atoms with Crippen molar-refractivity contribution in [2.45, 2.75) is 89.0 Å². The van der Waals surface area contributed by atoms with E-state index in [0.29, 0.717) is 43.9 Å². The van der Waals surface area contributed by atoms with Gasteiger partial charge >= 0.3 is 6.09 Å². The van der Waals surface area contributed by atoms with Crippen LogP contribution < -0.4 is 14.8 Å². The molecule has 0 radical (unpaired) electrons. The molecule has 0 saturated heterocycles. The number of allylic oxidation sites excluding steroid dienone is 1. The van der Waals surface area contributed by atoms with Crippen molar-refractivity contribution in [1.29, 1.82) is 0 Å². The second-order valence-corrected chi connectivity index (χ2v) is 14.6. The summed E-state index contributed by atoms with van der Waals surface area (Å²) >= 11 is 0. The molecule has 0 aromatic heterocycles. The number of rotatable bonds is 18. The van der Waals surface area contributed by atoms with Crippen LogP contribution in [0.15, 0.2) is 78.0 Å². The van der Waals surface area contributed by atoms with E-state index in [9.17, 15) is 19.8 Å². The molecular formula is C42H55N3O8. The first-order valence-electron chi connectivity index (χ1n) is 19.3. The lowest BCUT2D eigenvalue weighted by Crippen LogP contribution is -2.69. The summed E-state index contributed by atoms with van der Waals surface area (Å²) in [6.07, 6.45) is 10.2. The van der Waals surface area contributed by atoms with Crippen LogP contribution in [0.5, 0.6) is 11.5 Å². The van der Waals surface area contributed by atoms with E-state index in [1.807, 2.05) is 61.3 Å². The summed E-state index contributed by atoms with van der Waals surface area (Å²) in [5, 5.41) is 27.1. The molecule has 1 heterocycles. The third-order valence-corrected chi connectivity index (χ3v) is 11.2. The van der Waals surface area contributed by atoms with Gasteiger partial charge in [-0.25, -0.2) is 4.79 Å². The number of carbonyl (C=O) groups is 2. The molecule has 3 aliphatic carbocycles. The minimum Gasteiger partial charge on any atom is -0.459 e. The fourth-order valence-corrected chi connectivity index (χ4v) is 8.62. The predicted octanol–water partition coefficient (Wildman–Crippen LogP) is 6.50. The summed E-state index contributed by atoms with van der Waals surface area (Å²) in [5.41, 5.74) is 3.59. The molecule has 2 aromatic rings. The van der Waals surface area contributed by atoms with Gasteiger partial charge in [0.15, 0.2) is 0 Å². The molecule has 53 heavy (non-hydrogen) atoms. The first kappa shape index (κ1) is 38.5. The second kappa shape index (κ2) is 17.8. The molecule has 6 rings (SSSR count). The summed E-state index contributed by atoms with van der Waals surface area (Å²) in [6.45, 7) is 7.00. The Morgan fingerprint density at radius 2 is 1.83 bits per heavy atom. The van der Waals surface area contributed by atoms with Crippen LogP contribution in [0.3, 0.4) is 0 Å². The molecular weight excluding hydrogens is 674 g/mol. The average Bonchev–Trinajstić information content (AvgIpc) is 4.03. The van der Waals surface area contributed by atoms with Gasteiger partial charge in [-0.3, -0.25) is 4.79 Å². The second-order valence-electron chi connectivity index (χ2n) is 14.6. The van der Waals surface area contributed by atoms with E-state index in [0.717, 1.165) is 60.9 Å². The third-order valence-electron chi connectivity index (χ3n) is 11.2. The van der Waals surface area contributed by atoms with Crippen molar-refractivity contribution < 1.29 is 38.9 Å². The lowest BCUT2D eigenvalue weighted by atomic mass is 9.55. The monoisotopic (exact) mass is 729 g/mol. The van der Waals surface area contributed by atoms with Gasteiger partial charge < -0.3 is 39.5 Å². The molecule has 11 heteroatoms. The number of fused-ring (bicyclic) bond motifs is 2. The number of oxime groups is 1. The molecule has 2 fully saturated rings. The zero-order valence-electron chi connectivity index (χ0n) is 31.1. The topological polar surface area (TPSA) is 139 Å². The molecule has 0 unspecified atom stereocenters. The van der Waals surface area contributed by atoms with Crippen LogP contribution in [-0.4, -0.2) is 78.1 Å². The van der Waals surface area contributed by atoms with Crippen molar-refractivity contribution in [3.05, 3.63) is 84.0 Å². The van der Waals surface area contributed by atoms with Crippen LogP contribution in [0.2, 0.25) is 0 Å². The van der Waals surface area contributed by atoms with Crippen molar-refractivity contribution in [3.8, 4) is 11.5 Å². The number of likely N-dealkylation sites (N-methyl/N-ethyl adjacent to an activating group) is 1. The summed E-state index contributed by atoms with van der Waals surface area (Å²) in [5.74, 6) is -0.679. The Labute approximate surface area is 313 Å². The van der Waals surface area contributed by atoms with Crippen molar-refractivity contribution >= 4 is 17.7 Å². The van der Waals surface area contributed by atoms with Crippen LogP contribution in [0.25, 0.3) is 0 Å². The van der Waals surface area contributed by atoms with E-state index in [1.54, 1.807) is 12.1 Å². The van der Waals surface area contributed by atoms with Gasteiger partial charge in [0.1, 0.15) is 24.1 Å². The Morgan fingerprint density at radius 3 is 2.53 bits per heavy atom. The maximum Gasteiger partial charge on any atom is 0.412 e. The number of carbonyl (C=O) groups excluding carboxylic acids is 2. The number of ether oxygens (including phenoxy) is 3. The number of amides is 2. The molecule has 286 valence electrons. The van der Waals surface area contributed by atoms with Crippen molar-refractivity contribution in [1.82, 2.24) is 10.2 Å². The van der Waals surface area contributed by atoms with Crippen LogP contribution >= 0.6 is 0 Å². The molecule has 2 aromatic carbocycles. The number of hydrogen-bond acceptors (Lipinski definition) is 9. The van der Waals surface area contributed by atoms with E-state index in [2.05, 4.69) is 18.0 Å². The van der Waals surface area contributed by atoms with Gasteiger partial charge in [0.05, 0.1) is 18.2 Å². The van der Waals surface area contributed by atoms with E-state index in [4.69, 9.17) is 24.2 Å². The van der Waals surface area contributed by atoms with Gasteiger partial charge in [-0.1, -0.05) is 60.5 Å². The number of benzene rings is 2. The van der Waals surface area contributed by atoms with Crippen LogP contribution in [0.4, 0.5) is 4.79 Å². The zero-order valence-corrected chi connectivity index (χ0v) is 31.1. The zero-order chi connectivity index (χ0) is 37.4. The predicted molar refractivity (Wildman–Crippen MR) is 201 cm³/mol. The third kappa shape index (κ3) is 8.47. The Balaban J connectivity index is 1.48. The summed E-state index contributed by atoms with van der Waals surface area (Å²) in [6, 6.07) is 14.6. The summed E-state index contributed by atoms with van der Waals surface area (Å²) in [7, 11) is 1.84. The number of aliphatic hydroxyl groups is 2. The lowest BCUT2D eigenvalue weighted by Gasteiger charge is -2.59. The van der Waals surface area contributed by atoms with E-state index in [-0.39, 0.29) is 49.4 Å². The molecule has 0 bridgehead atoms. The van der Waals surface area contributed by atoms with Gasteiger partial charge in [-0.05, 0) is 86.6 Å². The average molecular weight is 730 g/mol. The minimum atomic E-state index is -1.29. The largest absolute Gasteiger partial charge is 0.459 e. The first-order valence-corrected chi connectivity index (χ1v) is 19.3. The normalized spacial score (nSPS) is 26.4. The van der Waals surface area contributed by atoms with Crippen molar-refractivity contribution in [3.63, 3.8) is 0 Å². The van der Waals surface area contributed by atoms with Crippen LogP contribution in [-0.2, 0) is 20.9 Å². The van der Waals surface area contributed by atoms with Gasteiger partial charge in [0.2, 0.25) is 11.7 Å². The molecule has 1 aliphatic heterocycles. The van der Waals surface area contributed by atoms with Crippen molar-refractivity contribution in [2.24, 2.45) is 28.8 Å². The first-order chi connectivity index (χ1) is 25.8. The number of aliphatic hydroxyl groups excluding tert-OH is 2. The fourth-order valence-electron chi connectivity index (χ4n) is 8.62. The minimum absolute atomic E-state index is 0.0198. The highest BCUT2D eigenvalue weighted by atomic mass is 16.7. The van der Waals surface area contributed by atoms with Gasteiger partial charge in [0, 0.05) is 50.6 Å². The molecule has 2 amide bonds. The summed E-state index contributed by atoms with van der Waals surface area (Å²) in [4.78, 5) is 34.5. The van der Waals surface area contributed by atoms with E-state index in [1.165, 1.54) is 0 Å². The molecule has 3 N–H and O–H groups in total. The lowest BCUT2D eigenvalue weighted by molar-refractivity contribution is -0.255. The van der Waals surface area contributed by atoms with Gasteiger partial charge in [-0.15, -0.1) is 6.58 Å². The Bertz CT molecular complexity index is 1640. The molecule has 11 nitrogen and oxygen atoms in total. The molecule has 2 saturated carbocycles. The number of hydrogen-bond donors (Lipinski definition) is 3. The summed E-state index contributed by atoms with van der Waals surface area (Å²) < 4.78 is 19.9. The molecule has 0 spiro atoms. The van der Waals surface area contributed by atoms with Crippen molar-refractivity contribution in [2.75, 3.05) is 33.5 Å². The standard InChI is InChI=1S/C42H55N3O8/c1-4-23-50-42-37(45(3)40(48)29-17-18-29)26-35(44-51-5-2)33-24-30(15-9-11-21-46)32(16-10-12-22-47)38(39(33)42)34-25-31(19-20-36(34)53-42)52-41(49)43-27-28-13-7-6-8-14-28/h4,6-8,13-14,19-20,24-25,29-30,32,37-39,46-47H,1,5,9-12,15-18,21-23,26-27H2,2-3H3,(H,43,49)/t30-,32+,37-,38+,39+,42+/m0/s1. The fraction of sp³-hybridized carbons (Fsp3) is 0.548. The van der Waals surface area contributed by atoms with Crippen LogP contribution in [0, 0.1) is 23.7 Å². The highest BCUT2D eigenvalue weighted by Crippen LogP contribution is 2.62.